The summed E-state index contributed by atoms with van der Waals surface area (Å²) in [5.74, 6) is -1.36. The summed E-state index contributed by atoms with van der Waals surface area (Å²) >= 11 is 5.88. The van der Waals surface area contributed by atoms with Gasteiger partial charge in [0.15, 0.2) is 18.1 Å². The minimum absolute atomic E-state index is 0.0974. The Morgan fingerprint density at radius 2 is 1.59 bits per heavy atom. The van der Waals surface area contributed by atoms with Gasteiger partial charge in [0.1, 0.15) is 5.82 Å². The molecule has 3 rings (SSSR count). The molecular weight excluding hydrogens is 443 g/mol. The first-order chi connectivity index (χ1) is 15.3. The summed E-state index contributed by atoms with van der Waals surface area (Å²) in [6.07, 6.45) is 0. The third kappa shape index (κ3) is 5.28. The lowest BCUT2D eigenvalue weighted by Gasteiger charge is -2.35. The topological polar surface area (TPSA) is 85.4 Å². The maximum Gasteiger partial charge on any atom is 0.343 e. The fourth-order valence-corrected chi connectivity index (χ4v) is 3.42. The Labute approximate surface area is 189 Å². The second-order valence-corrected chi connectivity index (χ2v) is 7.38. The number of methoxy groups -OCH3 is 2. The number of hydrogen-bond acceptors (Lipinski definition) is 6. The van der Waals surface area contributed by atoms with Gasteiger partial charge >= 0.3 is 5.97 Å². The van der Waals surface area contributed by atoms with Crippen molar-refractivity contribution in [3.63, 3.8) is 0 Å². The smallest absolute Gasteiger partial charge is 0.343 e. The fourth-order valence-electron chi connectivity index (χ4n) is 3.25. The molecule has 0 saturated carbocycles. The van der Waals surface area contributed by atoms with Gasteiger partial charge in [-0.15, -0.1) is 0 Å². The molecule has 0 bridgehead atoms. The first kappa shape index (κ1) is 23.3. The average molecular weight is 465 g/mol. The molecule has 1 aliphatic heterocycles. The Balaban J connectivity index is 1.66. The van der Waals surface area contributed by atoms with Crippen molar-refractivity contribution >= 4 is 29.4 Å². The number of ether oxygens (including phenoxy) is 3. The van der Waals surface area contributed by atoms with E-state index in [0.717, 1.165) is 6.07 Å². The number of esters is 1. The predicted molar refractivity (Wildman–Crippen MR) is 114 cm³/mol. The summed E-state index contributed by atoms with van der Waals surface area (Å²) in [7, 11) is 2.69. The van der Waals surface area contributed by atoms with Crippen LogP contribution in [0.4, 0.5) is 4.39 Å². The molecule has 0 N–H and O–H groups in total. The molecule has 1 heterocycles. The normalized spacial score (nSPS) is 13.5. The third-order valence-electron chi connectivity index (χ3n) is 5.00. The lowest BCUT2D eigenvalue weighted by atomic mass is 10.1. The van der Waals surface area contributed by atoms with Gasteiger partial charge < -0.3 is 24.0 Å². The Morgan fingerprint density at radius 1 is 0.938 bits per heavy atom. The SMILES string of the molecule is COC(=O)COc1cc(C(=O)N2CCN(C(=O)c3cc(Cl)ccc3F)CC2)ccc1OC. The molecule has 0 atom stereocenters. The maximum absolute atomic E-state index is 14.0. The first-order valence-corrected chi connectivity index (χ1v) is 10.1. The number of halogens is 2. The van der Waals surface area contributed by atoms with Crippen LogP contribution in [0, 0.1) is 5.82 Å². The van der Waals surface area contributed by atoms with Crippen LogP contribution in [0.25, 0.3) is 0 Å². The van der Waals surface area contributed by atoms with E-state index in [-0.39, 0.29) is 55.0 Å². The van der Waals surface area contributed by atoms with Crippen molar-refractivity contribution in [1.29, 1.82) is 0 Å². The van der Waals surface area contributed by atoms with Crippen molar-refractivity contribution in [3.8, 4) is 11.5 Å². The first-order valence-electron chi connectivity index (χ1n) is 9.75. The van der Waals surface area contributed by atoms with Crippen molar-refractivity contribution in [2.24, 2.45) is 0 Å². The number of carbonyl (C=O) groups excluding carboxylic acids is 3. The van der Waals surface area contributed by atoms with Crippen LogP contribution < -0.4 is 9.47 Å². The predicted octanol–water partition coefficient (Wildman–Crippen LogP) is 2.64. The van der Waals surface area contributed by atoms with Crippen molar-refractivity contribution in [3.05, 3.63) is 58.4 Å². The summed E-state index contributed by atoms with van der Waals surface area (Å²) in [6.45, 7) is 0.719. The summed E-state index contributed by atoms with van der Waals surface area (Å²) in [5, 5.41) is 0.272. The molecule has 1 fully saturated rings. The number of rotatable bonds is 6. The quantitative estimate of drug-likeness (QED) is 0.611. The second-order valence-electron chi connectivity index (χ2n) is 6.94. The Kier molecular flexibility index (Phi) is 7.53. The van der Waals surface area contributed by atoms with Gasteiger partial charge in [0, 0.05) is 36.8 Å². The number of carbonyl (C=O) groups is 3. The molecule has 2 aromatic carbocycles. The van der Waals surface area contributed by atoms with Crippen molar-refractivity contribution in [2.45, 2.75) is 0 Å². The lowest BCUT2D eigenvalue weighted by Crippen LogP contribution is -2.50. The molecule has 1 saturated heterocycles. The molecule has 8 nitrogen and oxygen atoms in total. The molecule has 10 heteroatoms. The molecule has 2 aromatic rings. The van der Waals surface area contributed by atoms with Crippen LogP contribution in [0.2, 0.25) is 5.02 Å². The van der Waals surface area contributed by atoms with Crippen LogP contribution in [0.3, 0.4) is 0 Å². The van der Waals surface area contributed by atoms with E-state index in [4.69, 9.17) is 21.1 Å². The highest BCUT2D eigenvalue weighted by Crippen LogP contribution is 2.29. The van der Waals surface area contributed by atoms with Gasteiger partial charge in [-0.3, -0.25) is 9.59 Å². The van der Waals surface area contributed by atoms with Crippen LogP contribution in [-0.4, -0.2) is 74.6 Å². The van der Waals surface area contributed by atoms with Crippen LogP contribution in [0.5, 0.6) is 11.5 Å². The fraction of sp³-hybridized carbons (Fsp3) is 0.318. The van der Waals surface area contributed by atoms with Gasteiger partial charge in [0.2, 0.25) is 0 Å². The van der Waals surface area contributed by atoms with Crippen molar-refractivity contribution < 1.29 is 33.0 Å². The zero-order chi connectivity index (χ0) is 23.3. The monoisotopic (exact) mass is 464 g/mol. The summed E-state index contributed by atoms with van der Waals surface area (Å²) < 4.78 is 29.2. The van der Waals surface area contributed by atoms with E-state index in [1.165, 1.54) is 37.3 Å². The van der Waals surface area contributed by atoms with Crippen LogP contribution in [0.15, 0.2) is 36.4 Å². The van der Waals surface area contributed by atoms with E-state index in [1.807, 2.05) is 0 Å². The van der Waals surface area contributed by atoms with Gasteiger partial charge in [0.05, 0.1) is 19.8 Å². The minimum Gasteiger partial charge on any atom is -0.493 e. The lowest BCUT2D eigenvalue weighted by molar-refractivity contribution is -0.142. The minimum atomic E-state index is -0.643. The van der Waals surface area contributed by atoms with Crippen molar-refractivity contribution in [2.75, 3.05) is 47.0 Å². The molecule has 0 radical (unpaired) electrons. The van der Waals surface area contributed by atoms with Gasteiger partial charge in [0.25, 0.3) is 11.8 Å². The molecule has 0 spiro atoms. The molecule has 2 amide bonds. The molecule has 1 aliphatic rings. The number of amides is 2. The highest BCUT2D eigenvalue weighted by Gasteiger charge is 2.27. The van der Waals surface area contributed by atoms with E-state index in [0.29, 0.717) is 11.3 Å². The Morgan fingerprint density at radius 3 is 2.22 bits per heavy atom. The average Bonchev–Trinajstić information content (AvgIpc) is 2.82. The zero-order valence-electron chi connectivity index (χ0n) is 17.6. The molecular formula is C22H22ClFN2O6. The highest BCUT2D eigenvalue weighted by atomic mass is 35.5. The molecule has 170 valence electrons. The van der Waals surface area contributed by atoms with E-state index in [2.05, 4.69) is 4.74 Å². The standard InChI is InChI=1S/C22H22ClFN2O6/c1-30-18-6-3-14(11-19(18)32-13-20(27)31-2)21(28)25-7-9-26(10-8-25)22(29)16-12-15(23)4-5-17(16)24/h3-6,11-12H,7-10,13H2,1-2H3. The summed E-state index contributed by atoms with van der Waals surface area (Å²) in [4.78, 5) is 40.0. The zero-order valence-corrected chi connectivity index (χ0v) is 18.4. The number of piperazine rings is 1. The summed E-state index contributed by atoms with van der Waals surface area (Å²) in [5.41, 5.74) is 0.242. The molecule has 0 aliphatic carbocycles. The van der Waals surface area contributed by atoms with E-state index >= 15 is 0 Å². The number of benzene rings is 2. The Bertz CT molecular complexity index is 1020. The second kappa shape index (κ2) is 10.3. The maximum atomic E-state index is 14.0. The van der Waals surface area contributed by atoms with Crippen LogP contribution in [-0.2, 0) is 9.53 Å². The van der Waals surface area contributed by atoms with Gasteiger partial charge in [-0.05, 0) is 36.4 Å². The molecule has 32 heavy (non-hydrogen) atoms. The molecule has 0 aromatic heterocycles. The Hall–Kier alpha value is -3.33. The largest absolute Gasteiger partial charge is 0.493 e. The highest BCUT2D eigenvalue weighted by molar-refractivity contribution is 6.31. The number of hydrogen-bond donors (Lipinski definition) is 0. The van der Waals surface area contributed by atoms with Crippen LogP contribution in [0.1, 0.15) is 20.7 Å². The van der Waals surface area contributed by atoms with E-state index in [1.54, 1.807) is 17.0 Å². The summed E-state index contributed by atoms with van der Waals surface area (Å²) in [6, 6.07) is 8.47. The van der Waals surface area contributed by atoms with Gasteiger partial charge in [-0.25, -0.2) is 9.18 Å². The van der Waals surface area contributed by atoms with Crippen molar-refractivity contribution in [1.82, 2.24) is 9.80 Å². The molecule has 0 unspecified atom stereocenters. The van der Waals surface area contributed by atoms with Crippen LogP contribution >= 0.6 is 11.6 Å². The third-order valence-corrected chi connectivity index (χ3v) is 5.23. The van der Waals surface area contributed by atoms with Gasteiger partial charge in [-0.2, -0.15) is 0 Å². The number of nitrogens with zero attached hydrogens (tertiary/aromatic N) is 2. The van der Waals surface area contributed by atoms with E-state index in [9.17, 15) is 18.8 Å². The van der Waals surface area contributed by atoms with E-state index < -0.39 is 17.7 Å². The van der Waals surface area contributed by atoms with Gasteiger partial charge in [-0.1, -0.05) is 11.6 Å².